The molecule has 0 unspecified atom stereocenters. The van der Waals surface area contributed by atoms with E-state index in [-0.39, 0.29) is 0 Å². The number of aromatic nitrogens is 1. The Morgan fingerprint density at radius 1 is 1.35 bits per heavy atom. The molecule has 1 aromatic carbocycles. The first-order valence-corrected chi connectivity index (χ1v) is 5.83. The van der Waals surface area contributed by atoms with E-state index in [1.165, 1.54) is 11.3 Å². The van der Waals surface area contributed by atoms with Gasteiger partial charge in [0.1, 0.15) is 16.7 Å². The molecule has 4 nitrogen and oxygen atoms in total. The zero-order valence-corrected chi connectivity index (χ0v) is 10.3. The smallest absolute Gasteiger partial charge is 0.159 e. The summed E-state index contributed by atoms with van der Waals surface area (Å²) in [5, 5.41) is 12.9. The summed E-state index contributed by atoms with van der Waals surface area (Å²) < 4.78 is 5.07. The summed E-state index contributed by atoms with van der Waals surface area (Å²) in [6.07, 6.45) is 0. The zero-order valence-electron chi connectivity index (χ0n) is 9.52. The van der Waals surface area contributed by atoms with Crippen molar-refractivity contribution in [3.63, 3.8) is 0 Å². The van der Waals surface area contributed by atoms with E-state index in [9.17, 15) is 0 Å². The first-order valence-electron chi connectivity index (χ1n) is 5.01. The summed E-state index contributed by atoms with van der Waals surface area (Å²) in [5.41, 5.74) is 0.882. The average molecular weight is 245 g/mol. The number of rotatable bonds is 3. The van der Waals surface area contributed by atoms with E-state index in [0.29, 0.717) is 10.7 Å². The summed E-state index contributed by atoms with van der Waals surface area (Å²) in [4.78, 5) is 4.87. The Kier molecular flexibility index (Phi) is 3.26. The molecule has 1 heterocycles. The minimum absolute atomic E-state index is 0.596. The Labute approximate surface area is 103 Å². The number of nitrogens with zero attached hydrogens (tertiary/aromatic N) is 2. The van der Waals surface area contributed by atoms with Crippen LogP contribution in [-0.4, -0.2) is 12.1 Å². The number of anilines is 2. The summed E-state index contributed by atoms with van der Waals surface area (Å²) in [6.45, 7) is 1.88. The van der Waals surface area contributed by atoms with Crippen LogP contribution in [0.2, 0.25) is 0 Å². The van der Waals surface area contributed by atoms with Gasteiger partial charge in [0, 0.05) is 5.69 Å². The predicted molar refractivity (Wildman–Crippen MR) is 67.8 cm³/mol. The van der Waals surface area contributed by atoms with E-state index < -0.39 is 0 Å². The highest BCUT2D eigenvalue weighted by Crippen LogP contribution is 2.25. The molecule has 0 fully saturated rings. The Hall–Kier alpha value is -2.06. The molecule has 0 radical (unpaired) electrons. The van der Waals surface area contributed by atoms with Gasteiger partial charge in [0.15, 0.2) is 5.82 Å². The van der Waals surface area contributed by atoms with Gasteiger partial charge in [0.2, 0.25) is 0 Å². The second-order valence-electron chi connectivity index (χ2n) is 3.38. The fraction of sp³-hybridized carbons (Fsp3) is 0.167. The number of hydrogen-bond acceptors (Lipinski definition) is 5. The Bertz CT molecular complexity index is 554. The number of aryl methyl sites for hydroxylation is 1. The minimum Gasteiger partial charge on any atom is -0.497 e. The van der Waals surface area contributed by atoms with Crippen LogP contribution in [0.25, 0.3) is 0 Å². The second-order valence-corrected chi connectivity index (χ2v) is 4.58. The minimum atomic E-state index is 0.596. The van der Waals surface area contributed by atoms with Crippen LogP contribution in [0.4, 0.5) is 11.5 Å². The number of thiazole rings is 1. The van der Waals surface area contributed by atoms with Crippen LogP contribution >= 0.6 is 11.3 Å². The lowest BCUT2D eigenvalue weighted by Crippen LogP contribution is -1.92. The molecule has 0 saturated heterocycles. The van der Waals surface area contributed by atoms with Crippen molar-refractivity contribution >= 4 is 22.8 Å². The van der Waals surface area contributed by atoms with Crippen molar-refractivity contribution in [3.8, 4) is 11.8 Å². The second kappa shape index (κ2) is 4.85. The highest BCUT2D eigenvalue weighted by atomic mass is 32.1. The average Bonchev–Trinajstić information content (AvgIpc) is 2.70. The first-order chi connectivity index (χ1) is 8.22. The molecule has 1 aromatic heterocycles. The zero-order chi connectivity index (χ0) is 12.3. The van der Waals surface area contributed by atoms with Gasteiger partial charge in [0.25, 0.3) is 0 Å². The lowest BCUT2D eigenvalue weighted by Gasteiger charge is -2.04. The van der Waals surface area contributed by atoms with Crippen molar-refractivity contribution in [1.82, 2.24) is 4.98 Å². The van der Waals surface area contributed by atoms with E-state index in [4.69, 9.17) is 10.00 Å². The van der Waals surface area contributed by atoms with Gasteiger partial charge in [-0.15, -0.1) is 11.3 Å². The van der Waals surface area contributed by atoms with Crippen LogP contribution in [0.1, 0.15) is 9.88 Å². The number of benzene rings is 1. The van der Waals surface area contributed by atoms with Crippen LogP contribution in [-0.2, 0) is 0 Å². The molecule has 0 spiro atoms. The van der Waals surface area contributed by atoms with Crippen LogP contribution in [0.5, 0.6) is 5.75 Å². The molecule has 0 amide bonds. The van der Waals surface area contributed by atoms with E-state index in [1.54, 1.807) is 7.11 Å². The summed E-state index contributed by atoms with van der Waals surface area (Å²) >= 11 is 1.38. The normalized spacial score (nSPS) is 9.71. The topological polar surface area (TPSA) is 57.9 Å². The van der Waals surface area contributed by atoms with Gasteiger partial charge in [-0.3, -0.25) is 0 Å². The number of nitriles is 1. The largest absolute Gasteiger partial charge is 0.497 e. The first kappa shape index (κ1) is 11.4. The molecule has 17 heavy (non-hydrogen) atoms. The van der Waals surface area contributed by atoms with Crippen LogP contribution in [0.3, 0.4) is 0 Å². The lowest BCUT2D eigenvalue weighted by atomic mass is 10.3. The maximum atomic E-state index is 8.95. The molecular weight excluding hydrogens is 234 g/mol. The molecule has 0 aliphatic rings. The van der Waals surface area contributed by atoms with Gasteiger partial charge < -0.3 is 10.1 Å². The van der Waals surface area contributed by atoms with Crippen molar-refractivity contribution < 1.29 is 4.74 Å². The number of methoxy groups -OCH3 is 1. The lowest BCUT2D eigenvalue weighted by molar-refractivity contribution is 0.415. The fourth-order valence-electron chi connectivity index (χ4n) is 1.40. The summed E-state index contributed by atoms with van der Waals surface area (Å²) in [5.74, 6) is 1.41. The number of nitrogens with one attached hydrogen (secondary N) is 1. The molecule has 0 bridgehead atoms. The van der Waals surface area contributed by atoms with Gasteiger partial charge >= 0.3 is 0 Å². The molecule has 1 N–H and O–H groups in total. The predicted octanol–water partition coefficient (Wildman–Crippen LogP) is 3.08. The molecule has 2 rings (SSSR count). The molecule has 2 aromatic rings. The van der Waals surface area contributed by atoms with E-state index in [1.807, 2.05) is 31.2 Å². The van der Waals surface area contributed by atoms with Crippen molar-refractivity contribution in [2.24, 2.45) is 0 Å². The Morgan fingerprint density at radius 2 is 2.06 bits per heavy atom. The quantitative estimate of drug-likeness (QED) is 0.902. The van der Waals surface area contributed by atoms with Crippen molar-refractivity contribution in [2.75, 3.05) is 12.4 Å². The molecule has 0 atom stereocenters. The van der Waals surface area contributed by atoms with E-state index in [2.05, 4.69) is 16.4 Å². The van der Waals surface area contributed by atoms with E-state index >= 15 is 0 Å². The maximum absolute atomic E-state index is 8.95. The monoisotopic (exact) mass is 245 g/mol. The maximum Gasteiger partial charge on any atom is 0.159 e. The Balaban J connectivity index is 2.22. The third-order valence-corrected chi connectivity index (χ3v) is 3.06. The molecule has 86 valence electrons. The van der Waals surface area contributed by atoms with Crippen molar-refractivity contribution in [3.05, 3.63) is 34.2 Å². The highest BCUT2D eigenvalue weighted by Gasteiger charge is 2.08. The highest BCUT2D eigenvalue weighted by molar-refractivity contribution is 7.12. The fourth-order valence-corrected chi connectivity index (χ4v) is 2.07. The van der Waals surface area contributed by atoms with Gasteiger partial charge in [-0.2, -0.15) is 5.26 Å². The van der Waals surface area contributed by atoms with Gasteiger partial charge in [-0.25, -0.2) is 4.98 Å². The third kappa shape index (κ3) is 2.55. The number of ether oxygens (including phenoxy) is 1. The third-order valence-electron chi connectivity index (χ3n) is 2.19. The molecule has 0 aliphatic carbocycles. The summed E-state index contributed by atoms with van der Waals surface area (Å²) in [7, 11) is 1.63. The van der Waals surface area contributed by atoms with Crippen molar-refractivity contribution in [1.29, 1.82) is 5.26 Å². The molecule has 5 heteroatoms. The Morgan fingerprint density at radius 3 is 2.65 bits per heavy atom. The summed E-state index contributed by atoms with van der Waals surface area (Å²) in [6, 6.07) is 9.60. The molecule has 0 saturated carbocycles. The molecular formula is C12H11N3OS. The van der Waals surface area contributed by atoms with Gasteiger partial charge in [0.05, 0.1) is 12.1 Å². The van der Waals surface area contributed by atoms with Gasteiger partial charge in [-0.1, -0.05) is 0 Å². The molecule has 0 aliphatic heterocycles. The van der Waals surface area contributed by atoms with Crippen LogP contribution < -0.4 is 10.1 Å². The standard InChI is InChI=1S/C12H11N3OS/c1-8-14-12(11(7-13)17-8)15-9-3-5-10(16-2)6-4-9/h3-6,15H,1-2H3. The van der Waals surface area contributed by atoms with Crippen LogP contribution in [0, 0.1) is 18.3 Å². The van der Waals surface area contributed by atoms with Crippen LogP contribution in [0.15, 0.2) is 24.3 Å². The van der Waals surface area contributed by atoms with Crippen molar-refractivity contribution in [2.45, 2.75) is 6.92 Å². The SMILES string of the molecule is COc1ccc(Nc2nc(C)sc2C#N)cc1. The number of hydrogen-bond donors (Lipinski definition) is 1. The van der Waals surface area contributed by atoms with E-state index in [0.717, 1.165) is 16.4 Å². The van der Waals surface area contributed by atoms with Gasteiger partial charge in [-0.05, 0) is 31.2 Å².